The van der Waals surface area contributed by atoms with E-state index >= 15 is 0 Å². The van der Waals surface area contributed by atoms with Gasteiger partial charge in [0.1, 0.15) is 18.2 Å². The zero-order chi connectivity index (χ0) is 8.72. The highest BCUT2D eigenvalue weighted by atomic mass is 35.5. The Labute approximate surface area is 74.1 Å². The molecule has 1 aromatic carbocycles. The maximum atomic E-state index is 13.2. The molecule has 0 unspecified atom stereocenters. The van der Waals surface area contributed by atoms with Crippen LogP contribution < -0.4 is 10.5 Å². The van der Waals surface area contributed by atoms with E-state index in [0.717, 1.165) is 0 Å². The first-order valence-electron chi connectivity index (χ1n) is 3.56. The molecule has 64 valence electrons. The van der Waals surface area contributed by atoms with Crippen molar-refractivity contribution in [2.45, 2.75) is 6.04 Å². The Morgan fingerprint density at radius 1 is 1.58 bits per heavy atom. The molecule has 0 bridgehead atoms. The van der Waals surface area contributed by atoms with Crippen molar-refractivity contribution in [3.05, 3.63) is 28.5 Å². The van der Waals surface area contributed by atoms with Gasteiger partial charge in [0.15, 0.2) is 0 Å². The van der Waals surface area contributed by atoms with Gasteiger partial charge in [-0.25, -0.2) is 4.39 Å². The quantitative estimate of drug-likeness (QED) is 0.673. The molecule has 2 N–H and O–H groups in total. The minimum atomic E-state index is -0.387. The van der Waals surface area contributed by atoms with Gasteiger partial charge in [-0.05, 0) is 12.1 Å². The zero-order valence-electron chi connectivity index (χ0n) is 6.18. The first kappa shape index (κ1) is 7.83. The second-order valence-electron chi connectivity index (χ2n) is 2.72. The third kappa shape index (κ3) is 1.06. The fourth-order valence-electron chi connectivity index (χ4n) is 1.30. The van der Waals surface area contributed by atoms with Crippen molar-refractivity contribution in [2.24, 2.45) is 5.73 Å². The summed E-state index contributed by atoms with van der Waals surface area (Å²) >= 11 is 5.62. The Hall–Kier alpha value is -0.800. The van der Waals surface area contributed by atoms with Crippen LogP contribution in [0.15, 0.2) is 12.1 Å². The van der Waals surface area contributed by atoms with Gasteiger partial charge in [0.2, 0.25) is 0 Å². The monoisotopic (exact) mass is 187 g/mol. The number of hydrogen-bond donors (Lipinski definition) is 1. The summed E-state index contributed by atoms with van der Waals surface area (Å²) in [5.41, 5.74) is 6.02. The summed E-state index contributed by atoms with van der Waals surface area (Å²) in [6.45, 7) is 0.326. The second-order valence-corrected chi connectivity index (χ2v) is 3.15. The van der Waals surface area contributed by atoms with Crippen molar-refractivity contribution >= 4 is 11.6 Å². The predicted octanol–water partition coefficient (Wildman–Crippen LogP) is 1.87. The van der Waals surface area contributed by atoms with Gasteiger partial charge >= 0.3 is 0 Å². The van der Waals surface area contributed by atoms with E-state index in [4.69, 9.17) is 22.1 Å². The van der Waals surface area contributed by atoms with Gasteiger partial charge in [-0.2, -0.15) is 0 Å². The molecule has 0 aromatic heterocycles. The molecule has 1 aliphatic heterocycles. The molecule has 1 atom stereocenters. The molecule has 12 heavy (non-hydrogen) atoms. The largest absolute Gasteiger partial charge is 0.491 e. The summed E-state index contributed by atoms with van der Waals surface area (Å²) in [6, 6.07) is 2.46. The molecule has 0 aliphatic carbocycles. The molecule has 0 spiro atoms. The number of fused-ring (bicyclic) bond motifs is 1. The van der Waals surface area contributed by atoms with Gasteiger partial charge in [-0.1, -0.05) is 11.6 Å². The molecule has 1 aromatic rings. The SMILES string of the molecule is N[C@@H]1COc2cc(Cl)cc(F)c21. The number of rotatable bonds is 0. The smallest absolute Gasteiger partial charge is 0.133 e. The highest BCUT2D eigenvalue weighted by molar-refractivity contribution is 6.30. The molecule has 0 fully saturated rings. The second kappa shape index (κ2) is 2.61. The highest BCUT2D eigenvalue weighted by Gasteiger charge is 2.24. The first-order chi connectivity index (χ1) is 5.68. The maximum absolute atomic E-state index is 13.2. The average Bonchev–Trinajstić information content (AvgIpc) is 2.31. The van der Waals surface area contributed by atoms with Crippen LogP contribution >= 0.6 is 11.6 Å². The lowest BCUT2D eigenvalue weighted by atomic mass is 10.1. The van der Waals surface area contributed by atoms with Crippen LogP contribution in [0.25, 0.3) is 0 Å². The third-order valence-electron chi connectivity index (χ3n) is 1.85. The summed E-state index contributed by atoms with van der Waals surface area (Å²) in [7, 11) is 0. The van der Waals surface area contributed by atoms with Crippen molar-refractivity contribution in [3.8, 4) is 5.75 Å². The first-order valence-corrected chi connectivity index (χ1v) is 3.93. The number of halogens is 2. The van der Waals surface area contributed by atoms with Crippen LogP contribution in [0.3, 0.4) is 0 Å². The fourth-order valence-corrected chi connectivity index (χ4v) is 1.50. The molecule has 4 heteroatoms. The Morgan fingerprint density at radius 2 is 2.33 bits per heavy atom. The topological polar surface area (TPSA) is 35.2 Å². The van der Waals surface area contributed by atoms with Crippen LogP contribution in [0.5, 0.6) is 5.75 Å². The van der Waals surface area contributed by atoms with Gasteiger partial charge in [-0.3, -0.25) is 0 Å². The van der Waals surface area contributed by atoms with Crippen molar-refractivity contribution in [1.29, 1.82) is 0 Å². The van der Waals surface area contributed by atoms with E-state index in [9.17, 15) is 4.39 Å². The standard InChI is InChI=1S/C8H7ClFNO/c9-4-1-5(10)8-6(11)3-12-7(8)2-4/h1-2,6H,3,11H2/t6-/m1/s1. The fraction of sp³-hybridized carbons (Fsp3) is 0.250. The molecular weight excluding hydrogens is 181 g/mol. The Kier molecular flexibility index (Phi) is 1.70. The minimum absolute atomic E-state index is 0.326. The van der Waals surface area contributed by atoms with Gasteiger partial charge < -0.3 is 10.5 Å². The highest BCUT2D eigenvalue weighted by Crippen LogP contribution is 2.35. The van der Waals surface area contributed by atoms with Gasteiger partial charge in [-0.15, -0.1) is 0 Å². The van der Waals surface area contributed by atoms with Gasteiger partial charge in [0, 0.05) is 5.02 Å². The third-order valence-corrected chi connectivity index (χ3v) is 2.06. The minimum Gasteiger partial charge on any atom is -0.491 e. The molecule has 1 aliphatic rings. The normalized spacial score (nSPS) is 20.4. The summed E-state index contributed by atoms with van der Waals surface area (Å²) < 4.78 is 18.3. The average molecular weight is 188 g/mol. The Balaban J connectivity index is 2.60. The van der Waals surface area contributed by atoms with E-state index in [1.165, 1.54) is 6.07 Å². The van der Waals surface area contributed by atoms with E-state index in [2.05, 4.69) is 0 Å². The lowest BCUT2D eigenvalue weighted by Crippen LogP contribution is -2.12. The lowest BCUT2D eigenvalue weighted by Gasteiger charge is -2.02. The summed E-state index contributed by atoms with van der Waals surface area (Å²) in [5, 5.41) is 0.334. The number of ether oxygens (including phenoxy) is 1. The molecule has 0 amide bonds. The van der Waals surface area contributed by atoms with Crippen LogP contribution in [0, 0.1) is 5.82 Å². The number of hydrogen-bond acceptors (Lipinski definition) is 2. The van der Waals surface area contributed by atoms with Crippen molar-refractivity contribution < 1.29 is 9.13 Å². The molecule has 1 heterocycles. The molecule has 0 radical (unpaired) electrons. The van der Waals surface area contributed by atoms with Crippen LogP contribution in [-0.2, 0) is 0 Å². The predicted molar refractivity (Wildman–Crippen MR) is 43.8 cm³/mol. The maximum Gasteiger partial charge on any atom is 0.133 e. The Bertz CT molecular complexity index is 329. The van der Waals surface area contributed by atoms with E-state index in [1.807, 2.05) is 0 Å². The number of benzene rings is 1. The van der Waals surface area contributed by atoms with Crippen LogP contribution in [0.2, 0.25) is 5.02 Å². The summed E-state index contributed by atoms with van der Waals surface area (Å²) in [6.07, 6.45) is 0. The summed E-state index contributed by atoms with van der Waals surface area (Å²) in [5.74, 6) is 0.0787. The van der Waals surface area contributed by atoms with E-state index in [-0.39, 0.29) is 11.9 Å². The van der Waals surface area contributed by atoms with E-state index in [0.29, 0.717) is 22.9 Å². The van der Waals surface area contributed by atoms with Crippen molar-refractivity contribution in [2.75, 3.05) is 6.61 Å². The summed E-state index contributed by atoms with van der Waals surface area (Å²) in [4.78, 5) is 0. The molecule has 2 nitrogen and oxygen atoms in total. The number of nitrogens with two attached hydrogens (primary N) is 1. The molecule has 0 saturated carbocycles. The molecular formula is C8H7ClFNO. The van der Waals surface area contributed by atoms with Gasteiger partial charge in [0.05, 0.1) is 11.6 Å². The molecule has 0 saturated heterocycles. The lowest BCUT2D eigenvalue weighted by molar-refractivity contribution is 0.333. The van der Waals surface area contributed by atoms with Crippen LogP contribution in [0.4, 0.5) is 4.39 Å². The van der Waals surface area contributed by atoms with E-state index < -0.39 is 0 Å². The molecule has 2 rings (SSSR count). The zero-order valence-corrected chi connectivity index (χ0v) is 6.94. The van der Waals surface area contributed by atoms with E-state index in [1.54, 1.807) is 6.07 Å². The Morgan fingerprint density at radius 3 is 3.08 bits per heavy atom. The van der Waals surface area contributed by atoms with Crippen molar-refractivity contribution in [3.63, 3.8) is 0 Å². The van der Waals surface area contributed by atoms with Crippen LogP contribution in [0.1, 0.15) is 11.6 Å². The van der Waals surface area contributed by atoms with Gasteiger partial charge in [0.25, 0.3) is 0 Å². The van der Waals surface area contributed by atoms with Crippen molar-refractivity contribution in [1.82, 2.24) is 0 Å². The van der Waals surface area contributed by atoms with Crippen LogP contribution in [-0.4, -0.2) is 6.61 Å².